The largest absolute Gasteiger partial charge is 0.422 e. The summed E-state index contributed by atoms with van der Waals surface area (Å²) in [7, 11) is 0. The van der Waals surface area contributed by atoms with Crippen molar-refractivity contribution in [2.75, 3.05) is 0 Å². The number of aromatic nitrogens is 2. The molecule has 0 spiro atoms. The number of thiophene rings is 2. The van der Waals surface area contributed by atoms with E-state index in [4.69, 9.17) is 4.42 Å². The molecule has 0 unspecified atom stereocenters. The minimum absolute atomic E-state index is 0.411. The molecule has 0 aliphatic rings. The maximum absolute atomic E-state index is 12.7. The standard InChI is InChI=1S/C28H20N2O2S2/c1-16(2)24-7-9-26(33-24)27-10-8-25(34-27)22-15-29-21(14-30-22)20-12-19-11-17-5-3-4-6-18(17)13-23(19)32-28(20)31/h3-16H,1-2H3. The molecule has 0 bridgehead atoms. The third-order valence-electron chi connectivity index (χ3n) is 5.83. The Balaban J connectivity index is 1.33. The second-order valence-corrected chi connectivity index (χ2v) is 10.7. The molecule has 2 aromatic carbocycles. The van der Waals surface area contributed by atoms with Gasteiger partial charge in [-0.25, -0.2) is 4.79 Å². The quantitative estimate of drug-likeness (QED) is 0.190. The van der Waals surface area contributed by atoms with Gasteiger partial charge in [0.25, 0.3) is 0 Å². The molecule has 4 aromatic heterocycles. The van der Waals surface area contributed by atoms with E-state index >= 15 is 0 Å². The molecule has 0 radical (unpaired) electrons. The van der Waals surface area contributed by atoms with Crippen LogP contribution in [0.25, 0.3) is 53.3 Å². The van der Waals surface area contributed by atoms with Gasteiger partial charge in [-0.1, -0.05) is 38.1 Å². The lowest BCUT2D eigenvalue weighted by atomic mass is 10.1. The predicted molar refractivity (Wildman–Crippen MR) is 142 cm³/mol. The van der Waals surface area contributed by atoms with Crippen molar-refractivity contribution in [2.45, 2.75) is 19.8 Å². The fourth-order valence-electron chi connectivity index (χ4n) is 3.98. The van der Waals surface area contributed by atoms with Crippen molar-refractivity contribution in [3.05, 3.63) is 94.4 Å². The molecule has 4 heterocycles. The molecule has 34 heavy (non-hydrogen) atoms. The average Bonchev–Trinajstić information content (AvgIpc) is 3.53. The highest BCUT2D eigenvalue weighted by molar-refractivity contribution is 7.23. The molecule has 0 aliphatic carbocycles. The van der Waals surface area contributed by atoms with Gasteiger partial charge in [-0.05, 0) is 59.2 Å². The van der Waals surface area contributed by atoms with Gasteiger partial charge in [0.05, 0.1) is 34.2 Å². The molecule has 0 saturated heterocycles. The van der Waals surface area contributed by atoms with Crippen LogP contribution in [0, 0.1) is 0 Å². The van der Waals surface area contributed by atoms with Crippen LogP contribution in [-0.4, -0.2) is 9.97 Å². The lowest BCUT2D eigenvalue weighted by molar-refractivity contribution is 0.563. The van der Waals surface area contributed by atoms with Crippen molar-refractivity contribution in [2.24, 2.45) is 0 Å². The van der Waals surface area contributed by atoms with Crippen LogP contribution in [0.2, 0.25) is 0 Å². The smallest absolute Gasteiger partial charge is 0.345 e. The Morgan fingerprint density at radius 3 is 2.15 bits per heavy atom. The SMILES string of the molecule is CC(C)c1ccc(-c2ccc(-c3cnc(-c4cc5cc6ccccc6cc5oc4=O)cn3)s2)s1. The van der Waals surface area contributed by atoms with E-state index in [-0.39, 0.29) is 0 Å². The molecule has 0 aliphatic heterocycles. The lowest BCUT2D eigenvalue weighted by Crippen LogP contribution is -2.04. The molecule has 0 fully saturated rings. The van der Waals surface area contributed by atoms with E-state index in [1.165, 1.54) is 14.6 Å². The van der Waals surface area contributed by atoms with Crippen LogP contribution in [0.5, 0.6) is 0 Å². The first-order chi connectivity index (χ1) is 16.5. The highest BCUT2D eigenvalue weighted by Crippen LogP contribution is 2.38. The fraction of sp³-hybridized carbons (Fsp3) is 0.107. The third-order valence-corrected chi connectivity index (χ3v) is 8.51. The number of hydrogen-bond acceptors (Lipinski definition) is 6. The van der Waals surface area contributed by atoms with Gasteiger partial charge in [0.2, 0.25) is 0 Å². The molecule has 6 rings (SSSR count). The van der Waals surface area contributed by atoms with Crippen molar-refractivity contribution in [1.82, 2.24) is 9.97 Å². The summed E-state index contributed by atoms with van der Waals surface area (Å²) in [5.41, 5.74) is 1.86. The Kier molecular flexibility index (Phi) is 5.12. The summed E-state index contributed by atoms with van der Waals surface area (Å²) in [4.78, 5) is 26.8. The van der Waals surface area contributed by atoms with E-state index < -0.39 is 5.63 Å². The fourth-order valence-corrected chi connectivity index (χ4v) is 6.05. The summed E-state index contributed by atoms with van der Waals surface area (Å²) in [6.45, 7) is 4.43. The summed E-state index contributed by atoms with van der Waals surface area (Å²) in [5, 5.41) is 2.99. The number of nitrogens with zero attached hydrogens (tertiary/aromatic N) is 2. The molecule has 166 valence electrons. The van der Waals surface area contributed by atoms with Gasteiger partial charge in [0, 0.05) is 20.0 Å². The first-order valence-electron chi connectivity index (χ1n) is 11.0. The zero-order chi connectivity index (χ0) is 23.2. The highest BCUT2D eigenvalue weighted by Gasteiger charge is 2.13. The summed E-state index contributed by atoms with van der Waals surface area (Å²) >= 11 is 3.53. The minimum Gasteiger partial charge on any atom is -0.422 e. The first-order valence-corrected chi connectivity index (χ1v) is 12.7. The molecule has 0 N–H and O–H groups in total. The van der Waals surface area contributed by atoms with Crippen LogP contribution < -0.4 is 5.63 Å². The van der Waals surface area contributed by atoms with Crippen LogP contribution >= 0.6 is 22.7 Å². The zero-order valence-electron chi connectivity index (χ0n) is 18.6. The second kappa shape index (κ2) is 8.31. The third kappa shape index (κ3) is 3.75. The monoisotopic (exact) mass is 480 g/mol. The Morgan fingerprint density at radius 1 is 0.735 bits per heavy atom. The Hall–Kier alpha value is -3.61. The number of fused-ring (bicyclic) bond motifs is 2. The van der Waals surface area contributed by atoms with Gasteiger partial charge in [-0.15, -0.1) is 22.7 Å². The molecule has 0 atom stereocenters. The molecule has 6 heteroatoms. The number of hydrogen-bond donors (Lipinski definition) is 0. The highest BCUT2D eigenvalue weighted by atomic mass is 32.1. The van der Waals surface area contributed by atoms with Gasteiger partial charge in [-0.3, -0.25) is 9.97 Å². The number of benzene rings is 2. The normalized spacial score (nSPS) is 11.6. The van der Waals surface area contributed by atoms with Crippen molar-refractivity contribution in [1.29, 1.82) is 0 Å². The van der Waals surface area contributed by atoms with Gasteiger partial charge in [-0.2, -0.15) is 0 Å². The average molecular weight is 481 g/mol. The van der Waals surface area contributed by atoms with Crippen molar-refractivity contribution < 1.29 is 4.42 Å². The van der Waals surface area contributed by atoms with Crippen molar-refractivity contribution >= 4 is 44.4 Å². The van der Waals surface area contributed by atoms with Crippen LogP contribution in [-0.2, 0) is 0 Å². The maximum atomic E-state index is 12.7. The molecule has 0 saturated carbocycles. The molecule has 0 amide bonds. The van der Waals surface area contributed by atoms with Crippen molar-refractivity contribution in [3.63, 3.8) is 0 Å². The Labute approximate surface area is 204 Å². The topological polar surface area (TPSA) is 56.0 Å². The molecular weight excluding hydrogens is 460 g/mol. The summed E-state index contributed by atoms with van der Waals surface area (Å²) in [6, 6.07) is 22.4. The van der Waals surface area contributed by atoms with Crippen LogP contribution in [0.4, 0.5) is 0 Å². The predicted octanol–water partition coefficient (Wildman–Crippen LogP) is 7.98. The minimum atomic E-state index is -0.415. The Morgan fingerprint density at radius 2 is 1.41 bits per heavy atom. The van der Waals surface area contributed by atoms with E-state index in [9.17, 15) is 4.79 Å². The Bertz CT molecular complexity index is 1710. The molecule has 6 aromatic rings. The van der Waals surface area contributed by atoms with Gasteiger partial charge >= 0.3 is 5.63 Å². The molecule has 4 nitrogen and oxygen atoms in total. The van der Waals surface area contributed by atoms with Gasteiger partial charge < -0.3 is 4.42 Å². The lowest BCUT2D eigenvalue weighted by Gasteiger charge is -2.04. The van der Waals surface area contributed by atoms with Crippen LogP contribution in [0.15, 0.2) is 88.3 Å². The molecular formula is C28H20N2O2S2. The first kappa shape index (κ1) is 21.0. The number of rotatable bonds is 4. The second-order valence-electron chi connectivity index (χ2n) is 8.49. The van der Waals surface area contributed by atoms with E-state index in [1.54, 1.807) is 23.7 Å². The van der Waals surface area contributed by atoms with Crippen molar-refractivity contribution in [3.8, 4) is 31.6 Å². The summed E-state index contributed by atoms with van der Waals surface area (Å²) < 4.78 is 5.62. The van der Waals surface area contributed by atoms with E-state index in [0.717, 1.165) is 26.7 Å². The van der Waals surface area contributed by atoms with Crippen LogP contribution in [0.3, 0.4) is 0 Å². The summed E-state index contributed by atoms with van der Waals surface area (Å²) in [6.07, 6.45) is 3.37. The maximum Gasteiger partial charge on any atom is 0.345 e. The van der Waals surface area contributed by atoms with Gasteiger partial charge in [0.1, 0.15) is 5.58 Å². The zero-order valence-corrected chi connectivity index (χ0v) is 20.2. The van der Waals surface area contributed by atoms with Crippen LogP contribution in [0.1, 0.15) is 24.6 Å². The van der Waals surface area contributed by atoms with E-state index in [1.807, 2.05) is 53.8 Å². The van der Waals surface area contributed by atoms with E-state index in [2.05, 4.69) is 48.1 Å². The van der Waals surface area contributed by atoms with Gasteiger partial charge in [0.15, 0.2) is 0 Å². The summed E-state index contributed by atoms with van der Waals surface area (Å²) in [5.74, 6) is 0.531. The van der Waals surface area contributed by atoms with E-state index in [0.29, 0.717) is 22.8 Å².